The number of aromatic nitrogens is 4. The SMILES string of the molecule is COc1cc(Cc2c[nH]c3ncc(C)cc23)cnc1CCc1cnccc1C(F)(F)F. The molecular formula is C23H21F3N4O. The molecule has 0 aliphatic rings. The molecular weight excluding hydrogens is 405 g/mol. The second kappa shape index (κ2) is 8.37. The van der Waals surface area contributed by atoms with Gasteiger partial charge in [-0.25, -0.2) is 4.98 Å². The first-order chi connectivity index (χ1) is 14.8. The van der Waals surface area contributed by atoms with Crippen LogP contribution in [0.3, 0.4) is 0 Å². The van der Waals surface area contributed by atoms with E-state index in [1.807, 2.05) is 25.4 Å². The van der Waals surface area contributed by atoms with Crippen LogP contribution in [-0.2, 0) is 25.4 Å². The first-order valence-corrected chi connectivity index (χ1v) is 9.79. The lowest BCUT2D eigenvalue weighted by molar-refractivity contribution is -0.138. The van der Waals surface area contributed by atoms with Crippen LogP contribution in [0.2, 0.25) is 0 Å². The molecule has 31 heavy (non-hydrogen) atoms. The van der Waals surface area contributed by atoms with Crippen LogP contribution in [0.4, 0.5) is 13.2 Å². The molecule has 4 heterocycles. The van der Waals surface area contributed by atoms with Gasteiger partial charge in [-0.1, -0.05) is 0 Å². The summed E-state index contributed by atoms with van der Waals surface area (Å²) >= 11 is 0. The normalized spacial score (nSPS) is 11.8. The number of pyridine rings is 3. The lowest BCUT2D eigenvalue weighted by Crippen LogP contribution is -2.10. The van der Waals surface area contributed by atoms with E-state index < -0.39 is 11.7 Å². The number of alkyl halides is 3. The Morgan fingerprint density at radius 2 is 1.87 bits per heavy atom. The van der Waals surface area contributed by atoms with Gasteiger partial charge in [0.2, 0.25) is 0 Å². The van der Waals surface area contributed by atoms with E-state index in [9.17, 15) is 13.2 Å². The number of methoxy groups -OCH3 is 1. The van der Waals surface area contributed by atoms with Crippen LogP contribution >= 0.6 is 0 Å². The Hall–Kier alpha value is -3.42. The summed E-state index contributed by atoms with van der Waals surface area (Å²) in [6, 6.07) is 4.97. The predicted molar refractivity (Wildman–Crippen MR) is 111 cm³/mol. The first-order valence-electron chi connectivity index (χ1n) is 9.79. The average molecular weight is 426 g/mol. The maximum atomic E-state index is 13.2. The van der Waals surface area contributed by atoms with Crippen LogP contribution < -0.4 is 4.74 Å². The lowest BCUT2D eigenvalue weighted by Gasteiger charge is -2.13. The minimum absolute atomic E-state index is 0.143. The molecule has 0 unspecified atom stereocenters. The molecule has 1 N–H and O–H groups in total. The molecule has 0 aliphatic heterocycles. The van der Waals surface area contributed by atoms with Crippen LogP contribution in [0.5, 0.6) is 5.75 Å². The molecule has 0 bridgehead atoms. The Labute approximate surface area is 177 Å². The van der Waals surface area contributed by atoms with Crippen LogP contribution in [0.15, 0.2) is 49.2 Å². The number of rotatable bonds is 6. The molecule has 0 saturated heterocycles. The number of halogens is 3. The number of hydrogen-bond donors (Lipinski definition) is 1. The molecule has 160 valence electrons. The van der Waals surface area contributed by atoms with Gasteiger partial charge < -0.3 is 9.72 Å². The van der Waals surface area contributed by atoms with Crippen LogP contribution in [0.1, 0.15) is 33.5 Å². The van der Waals surface area contributed by atoms with Crippen LogP contribution in [0, 0.1) is 6.92 Å². The minimum Gasteiger partial charge on any atom is -0.495 e. The van der Waals surface area contributed by atoms with Crippen molar-refractivity contribution in [2.75, 3.05) is 7.11 Å². The lowest BCUT2D eigenvalue weighted by atomic mass is 10.0. The van der Waals surface area contributed by atoms with Crippen molar-refractivity contribution in [2.24, 2.45) is 0 Å². The molecule has 0 aromatic carbocycles. The number of nitrogens with zero attached hydrogens (tertiary/aromatic N) is 3. The van der Waals surface area contributed by atoms with E-state index in [4.69, 9.17) is 4.74 Å². The summed E-state index contributed by atoms with van der Waals surface area (Å²) in [5.41, 5.74) is 4.03. The summed E-state index contributed by atoms with van der Waals surface area (Å²) in [6.07, 6.45) is 4.61. The molecule has 0 saturated carbocycles. The molecule has 0 amide bonds. The summed E-state index contributed by atoms with van der Waals surface area (Å²) in [5, 5.41) is 1.05. The molecule has 0 fully saturated rings. The number of H-pyrrole nitrogens is 1. The Balaban J connectivity index is 1.54. The van der Waals surface area contributed by atoms with E-state index in [-0.39, 0.29) is 12.0 Å². The first kappa shape index (κ1) is 20.8. The van der Waals surface area contributed by atoms with Gasteiger partial charge in [-0.2, -0.15) is 13.2 Å². The van der Waals surface area contributed by atoms with Crippen molar-refractivity contribution in [3.05, 3.63) is 82.7 Å². The van der Waals surface area contributed by atoms with E-state index in [0.29, 0.717) is 24.3 Å². The molecule has 0 radical (unpaired) electrons. The fourth-order valence-corrected chi connectivity index (χ4v) is 3.66. The zero-order valence-electron chi connectivity index (χ0n) is 17.1. The number of nitrogens with one attached hydrogen (secondary N) is 1. The third-order valence-electron chi connectivity index (χ3n) is 5.20. The van der Waals surface area contributed by atoms with Crippen molar-refractivity contribution in [1.29, 1.82) is 0 Å². The van der Waals surface area contributed by atoms with Gasteiger partial charge in [0, 0.05) is 42.8 Å². The molecule has 0 aliphatic carbocycles. The zero-order valence-corrected chi connectivity index (χ0v) is 17.1. The van der Waals surface area contributed by atoms with Crippen molar-refractivity contribution < 1.29 is 17.9 Å². The Morgan fingerprint density at radius 1 is 1.03 bits per heavy atom. The zero-order chi connectivity index (χ0) is 22.0. The van der Waals surface area contributed by atoms with Gasteiger partial charge in [-0.3, -0.25) is 9.97 Å². The van der Waals surface area contributed by atoms with E-state index >= 15 is 0 Å². The Bertz CT molecular complexity index is 1220. The highest BCUT2D eigenvalue weighted by atomic mass is 19.4. The number of ether oxygens (including phenoxy) is 1. The quantitative estimate of drug-likeness (QED) is 0.468. The van der Waals surface area contributed by atoms with Crippen LogP contribution in [0.25, 0.3) is 11.0 Å². The molecule has 8 heteroatoms. The molecule has 4 aromatic heterocycles. The van der Waals surface area contributed by atoms with Crippen LogP contribution in [-0.4, -0.2) is 27.0 Å². The smallest absolute Gasteiger partial charge is 0.416 e. The highest BCUT2D eigenvalue weighted by Gasteiger charge is 2.33. The van der Waals surface area contributed by atoms with Crippen molar-refractivity contribution in [1.82, 2.24) is 19.9 Å². The summed E-state index contributed by atoms with van der Waals surface area (Å²) < 4.78 is 45.1. The fourth-order valence-electron chi connectivity index (χ4n) is 3.66. The largest absolute Gasteiger partial charge is 0.495 e. The highest BCUT2D eigenvalue weighted by molar-refractivity contribution is 5.80. The highest BCUT2D eigenvalue weighted by Crippen LogP contribution is 2.32. The number of aryl methyl sites for hydroxylation is 3. The van der Waals surface area contributed by atoms with E-state index in [1.54, 1.807) is 6.20 Å². The molecule has 5 nitrogen and oxygen atoms in total. The van der Waals surface area contributed by atoms with Gasteiger partial charge in [-0.15, -0.1) is 0 Å². The van der Waals surface area contributed by atoms with Crippen molar-refractivity contribution in [3.8, 4) is 5.75 Å². The minimum atomic E-state index is -4.41. The molecule has 0 atom stereocenters. The monoisotopic (exact) mass is 426 g/mol. The standard InChI is InChI=1S/C23H21F3N4O/c1-14-7-18-17(13-30-22(18)29-10-14)8-15-9-21(31-2)20(28-11-15)4-3-16-12-27-6-5-19(16)23(24,25)26/h5-7,9-13H,3-4,8H2,1-2H3,(H,29,30). The van der Waals surface area contributed by atoms with Gasteiger partial charge in [0.05, 0.1) is 18.4 Å². The maximum Gasteiger partial charge on any atom is 0.416 e. The maximum absolute atomic E-state index is 13.2. The average Bonchev–Trinajstić information content (AvgIpc) is 3.14. The van der Waals surface area contributed by atoms with Crippen molar-refractivity contribution in [3.63, 3.8) is 0 Å². The second-order valence-electron chi connectivity index (χ2n) is 7.42. The second-order valence-corrected chi connectivity index (χ2v) is 7.42. The summed E-state index contributed by atoms with van der Waals surface area (Å²) in [4.78, 5) is 15.9. The summed E-state index contributed by atoms with van der Waals surface area (Å²) in [7, 11) is 1.54. The van der Waals surface area contributed by atoms with Gasteiger partial charge in [0.15, 0.2) is 0 Å². The van der Waals surface area contributed by atoms with Gasteiger partial charge >= 0.3 is 6.18 Å². The molecule has 0 spiro atoms. The van der Waals surface area contributed by atoms with Gasteiger partial charge in [0.1, 0.15) is 11.4 Å². The van der Waals surface area contributed by atoms with Gasteiger partial charge in [0.25, 0.3) is 0 Å². The number of fused-ring (bicyclic) bond motifs is 1. The Kier molecular flexibility index (Phi) is 5.63. The molecule has 4 aromatic rings. The topological polar surface area (TPSA) is 63.7 Å². The Morgan fingerprint density at radius 3 is 2.65 bits per heavy atom. The van der Waals surface area contributed by atoms with E-state index in [2.05, 4.69) is 26.0 Å². The summed E-state index contributed by atoms with van der Waals surface area (Å²) in [5.74, 6) is 0.559. The third kappa shape index (κ3) is 4.52. The van der Waals surface area contributed by atoms with Gasteiger partial charge in [-0.05, 0) is 60.2 Å². The predicted octanol–water partition coefficient (Wildman–Crippen LogP) is 5.06. The number of aromatic amines is 1. The van der Waals surface area contributed by atoms with Crippen molar-refractivity contribution >= 4 is 11.0 Å². The van der Waals surface area contributed by atoms with E-state index in [0.717, 1.165) is 40.0 Å². The summed E-state index contributed by atoms with van der Waals surface area (Å²) in [6.45, 7) is 2.00. The fraction of sp³-hybridized carbons (Fsp3) is 0.261. The molecule has 4 rings (SSSR count). The number of hydrogen-bond acceptors (Lipinski definition) is 4. The van der Waals surface area contributed by atoms with Crippen molar-refractivity contribution in [2.45, 2.75) is 32.4 Å². The van der Waals surface area contributed by atoms with E-state index in [1.165, 1.54) is 13.3 Å². The third-order valence-corrected chi connectivity index (χ3v) is 5.20.